The molecule has 0 fully saturated rings. The van der Waals surface area contributed by atoms with Crippen LogP contribution in [-0.2, 0) is 0 Å². The van der Waals surface area contributed by atoms with Gasteiger partial charge in [0.25, 0.3) is 0 Å². The molecule has 0 radical (unpaired) electrons. The SMILES string of the molecule is Fc1ccc(-c2nc(SC(F)(F)F)[nH]c2-c2ccc(F)cc2)cc1. The van der Waals surface area contributed by atoms with Crippen LogP contribution in [0.2, 0.25) is 0 Å². The van der Waals surface area contributed by atoms with Crippen molar-refractivity contribution in [2.45, 2.75) is 10.7 Å². The minimum atomic E-state index is -4.50. The average Bonchev–Trinajstić information content (AvgIpc) is 2.90. The molecule has 1 N–H and O–H groups in total. The second kappa shape index (κ2) is 6.27. The van der Waals surface area contributed by atoms with Gasteiger partial charge in [-0.05, 0) is 48.5 Å². The first-order valence-corrected chi connectivity index (χ1v) is 7.51. The highest BCUT2D eigenvalue weighted by Gasteiger charge is 2.32. The largest absolute Gasteiger partial charge is 0.449 e. The van der Waals surface area contributed by atoms with Gasteiger partial charge >= 0.3 is 5.51 Å². The summed E-state index contributed by atoms with van der Waals surface area (Å²) in [7, 11) is 0. The molecule has 3 aromatic rings. The van der Waals surface area contributed by atoms with Gasteiger partial charge in [0, 0.05) is 22.9 Å². The van der Waals surface area contributed by atoms with E-state index in [1.165, 1.54) is 48.5 Å². The predicted molar refractivity (Wildman–Crippen MR) is 81.3 cm³/mol. The third-order valence-electron chi connectivity index (χ3n) is 3.15. The van der Waals surface area contributed by atoms with Crippen molar-refractivity contribution in [3.8, 4) is 22.5 Å². The van der Waals surface area contributed by atoms with E-state index in [1.54, 1.807) is 0 Å². The Morgan fingerprint density at radius 2 is 1.29 bits per heavy atom. The number of rotatable bonds is 3. The van der Waals surface area contributed by atoms with Gasteiger partial charge in [-0.2, -0.15) is 13.2 Å². The van der Waals surface area contributed by atoms with Gasteiger partial charge in [-0.25, -0.2) is 13.8 Å². The van der Waals surface area contributed by atoms with Crippen LogP contribution in [0.3, 0.4) is 0 Å². The number of thioether (sulfide) groups is 1. The van der Waals surface area contributed by atoms with Crippen molar-refractivity contribution in [2.75, 3.05) is 0 Å². The molecule has 0 unspecified atom stereocenters. The molecule has 8 heteroatoms. The maximum atomic E-state index is 13.1. The summed E-state index contributed by atoms with van der Waals surface area (Å²) in [5.41, 5.74) is -3.06. The Balaban J connectivity index is 2.10. The number of H-pyrrole nitrogens is 1. The van der Waals surface area contributed by atoms with E-state index >= 15 is 0 Å². The Hall–Kier alpha value is -2.35. The first-order chi connectivity index (χ1) is 11.3. The van der Waals surface area contributed by atoms with Gasteiger partial charge in [0.1, 0.15) is 11.6 Å². The highest BCUT2D eigenvalue weighted by atomic mass is 32.2. The van der Waals surface area contributed by atoms with Gasteiger partial charge in [0.2, 0.25) is 0 Å². The summed E-state index contributed by atoms with van der Waals surface area (Å²) in [5, 5.41) is -0.346. The van der Waals surface area contributed by atoms with Crippen LogP contribution in [0.15, 0.2) is 53.7 Å². The lowest BCUT2D eigenvalue weighted by atomic mass is 10.1. The average molecular weight is 356 g/mol. The maximum Gasteiger partial charge on any atom is 0.449 e. The molecule has 0 saturated heterocycles. The molecule has 1 heterocycles. The summed E-state index contributed by atoms with van der Waals surface area (Å²) in [6.45, 7) is 0. The van der Waals surface area contributed by atoms with Crippen LogP contribution in [0.5, 0.6) is 0 Å². The molecule has 2 nitrogen and oxygen atoms in total. The fourth-order valence-corrected chi connectivity index (χ4v) is 2.66. The van der Waals surface area contributed by atoms with Crippen LogP contribution < -0.4 is 0 Å². The zero-order valence-electron chi connectivity index (χ0n) is 11.9. The summed E-state index contributed by atoms with van der Waals surface area (Å²) >= 11 is -0.383. The quantitative estimate of drug-likeness (QED) is 0.486. The van der Waals surface area contributed by atoms with Crippen molar-refractivity contribution >= 4 is 11.8 Å². The summed E-state index contributed by atoms with van der Waals surface area (Å²) in [6, 6.07) is 10.5. The first kappa shape index (κ1) is 16.5. The van der Waals surface area contributed by atoms with Gasteiger partial charge in [-0.1, -0.05) is 0 Å². The Morgan fingerprint density at radius 1 is 0.792 bits per heavy atom. The number of nitrogens with one attached hydrogen (secondary N) is 1. The van der Waals surface area contributed by atoms with E-state index in [1.807, 2.05) is 0 Å². The van der Waals surface area contributed by atoms with Crippen molar-refractivity contribution in [3.63, 3.8) is 0 Å². The molecule has 0 aliphatic carbocycles. The number of hydrogen-bond acceptors (Lipinski definition) is 2. The number of alkyl halides is 3. The molecule has 0 saturated carbocycles. The molecular weight excluding hydrogens is 347 g/mol. The predicted octanol–water partition coefficient (Wildman–Crippen LogP) is 5.63. The molecule has 0 amide bonds. The molecule has 3 rings (SSSR count). The minimum Gasteiger partial charge on any atom is -0.332 e. The van der Waals surface area contributed by atoms with E-state index in [0.717, 1.165) is 0 Å². The van der Waals surface area contributed by atoms with Gasteiger partial charge in [-0.3, -0.25) is 0 Å². The number of hydrogen-bond donors (Lipinski definition) is 1. The molecule has 24 heavy (non-hydrogen) atoms. The van der Waals surface area contributed by atoms with Crippen LogP contribution in [0.4, 0.5) is 22.0 Å². The molecule has 1 aromatic heterocycles. The highest BCUT2D eigenvalue weighted by Crippen LogP contribution is 2.39. The molecule has 2 aromatic carbocycles. The fraction of sp³-hybridized carbons (Fsp3) is 0.0625. The number of halogens is 5. The lowest BCUT2D eigenvalue weighted by Gasteiger charge is -2.03. The summed E-state index contributed by atoms with van der Waals surface area (Å²) in [6.07, 6.45) is 0. The Morgan fingerprint density at radius 3 is 1.79 bits per heavy atom. The van der Waals surface area contributed by atoms with E-state index < -0.39 is 17.1 Å². The Labute approximate surface area is 137 Å². The smallest absolute Gasteiger partial charge is 0.332 e. The minimum absolute atomic E-state index is 0.230. The number of aromatic nitrogens is 2. The van der Waals surface area contributed by atoms with Crippen molar-refractivity contribution in [1.29, 1.82) is 0 Å². The van der Waals surface area contributed by atoms with Crippen molar-refractivity contribution in [3.05, 3.63) is 60.2 Å². The van der Waals surface area contributed by atoms with E-state index in [9.17, 15) is 22.0 Å². The molecule has 0 aliphatic heterocycles. The maximum absolute atomic E-state index is 13.1. The summed E-state index contributed by atoms with van der Waals surface area (Å²) in [4.78, 5) is 6.57. The van der Waals surface area contributed by atoms with Crippen molar-refractivity contribution in [2.24, 2.45) is 0 Å². The zero-order chi connectivity index (χ0) is 17.3. The van der Waals surface area contributed by atoms with Crippen LogP contribution in [0, 0.1) is 11.6 Å². The first-order valence-electron chi connectivity index (χ1n) is 6.69. The topological polar surface area (TPSA) is 28.7 Å². The molecular formula is C16H9F5N2S. The van der Waals surface area contributed by atoms with Crippen molar-refractivity contribution < 1.29 is 22.0 Å². The fourth-order valence-electron chi connectivity index (χ4n) is 2.15. The zero-order valence-corrected chi connectivity index (χ0v) is 12.7. The van der Waals surface area contributed by atoms with Gasteiger partial charge < -0.3 is 4.98 Å². The van der Waals surface area contributed by atoms with Gasteiger partial charge in [-0.15, -0.1) is 0 Å². The number of aromatic amines is 1. The number of benzene rings is 2. The van der Waals surface area contributed by atoms with E-state index in [4.69, 9.17) is 0 Å². The molecule has 124 valence electrons. The molecule has 0 aliphatic rings. The van der Waals surface area contributed by atoms with Crippen LogP contribution in [-0.4, -0.2) is 15.5 Å². The monoisotopic (exact) mass is 356 g/mol. The second-order valence-electron chi connectivity index (χ2n) is 4.83. The molecule has 0 bridgehead atoms. The third kappa shape index (κ3) is 3.76. The van der Waals surface area contributed by atoms with E-state index in [2.05, 4.69) is 9.97 Å². The summed E-state index contributed by atoms with van der Waals surface area (Å²) in [5.74, 6) is -0.936. The lowest BCUT2D eigenvalue weighted by Crippen LogP contribution is -1.99. The molecule has 0 spiro atoms. The summed E-state index contributed by atoms with van der Waals surface area (Å²) < 4.78 is 63.9. The van der Waals surface area contributed by atoms with E-state index in [0.29, 0.717) is 16.8 Å². The molecule has 0 atom stereocenters. The number of imidazole rings is 1. The number of nitrogens with zero attached hydrogens (tertiary/aromatic N) is 1. The van der Waals surface area contributed by atoms with Gasteiger partial charge in [0.15, 0.2) is 5.16 Å². The Kier molecular flexibility index (Phi) is 4.31. The van der Waals surface area contributed by atoms with Crippen LogP contribution in [0.25, 0.3) is 22.5 Å². The highest BCUT2D eigenvalue weighted by molar-refractivity contribution is 8.00. The normalized spacial score (nSPS) is 11.7. The second-order valence-corrected chi connectivity index (χ2v) is 5.88. The van der Waals surface area contributed by atoms with Gasteiger partial charge in [0.05, 0.1) is 11.4 Å². The standard InChI is InChI=1S/C16H9F5N2S/c17-11-5-1-9(2-6-11)13-14(10-3-7-12(18)8-4-10)23-15(22-13)24-16(19,20)21/h1-8H,(H,22,23). The Bertz CT molecular complexity index is 775. The van der Waals surface area contributed by atoms with Crippen molar-refractivity contribution in [1.82, 2.24) is 9.97 Å². The third-order valence-corrected chi connectivity index (χ3v) is 3.76. The van der Waals surface area contributed by atoms with Crippen LogP contribution in [0.1, 0.15) is 0 Å². The lowest BCUT2D eigenvalue weighted by molar-refractivity contribution is -0.0330. The van der Waals surface area contributed by atoms with Crippen LogP contribution >= 0.6 is 11.8 Å². The van der Waals surface area contributed by atoms with E-state index in [-0.39, 0.29) is 22.6 Å².